The second-order valence-electron chi connectivity index (χ2n) is 5.36. The van der Waals surface area contributed by atoms with E-state index in [2.05, 4.69) is 15.0 Å². The van der Waals surface area contributed by atoms with Gasteiger partial charge in [0.05, 0.1) is 23.0 Å². The van der Waals surface area contributed by atoms with E-state index in [4.69, 9.17) is 0 Å². The molecule has 0 fully saturated rings. The van der Waals surface area contributed by atoms with E-state index in [9.17, 15) is 13.2 Å². The number of alkyl halides is 3. The van der Waals surface area contributed by atoms with Crippen molar-refractivity contribution in [1.82, 2.24) is 24.1 Å². The molecule has 0 bridgehead atoms. The topological polar surface area (TPSA) is 48.5 Å². The van der Waals surface area contributed by atoms with Crippen molar-refractivity contribution < 1.29 is 13.2 Å². The fraction of sp³-hybridized carbons (Fsp3) is 0.357. The first-order valence-electron chi connectivity index (χ1n) is 7.30. The minimum atomic E-state index is -4.49. The van der Waals surface area contributed by atoms with Gasteiger partial charge in [0, 0.05) is 14.1 Å². The van der Waals surface area contributed by atoms with Gasteiger partial charge in [-0.1, -0.05) is 6.92 Å². The fourth-order valence-corrected chi connectivity index (χ4v) is 3.37. The molecule has 126 valence electrons. The van der Waals surface area contributed by atoms with Gasteiger partial charge in [-0.15, -0.1) is 11.8 Å². The molecule has 24 heavy (non-hydrogen) atoms. The highest BCUT2D eigenvalue weighted by Gasteiger charge is 2.33. The maximum atomic E-state index is 12.9. The summed E-state index contributed by atoms with van der Waals surface area (Å²) in [5.41, 5.74) is 1.34. The molecule has 0 unspecified atom stereocenters. The molecule has 0 aromatic carbocycles. The van der Waals surface area contributed by atoms with E-state index in [-0.39, 0.29) is 5.52 Å². The molecule has 5 nitrogen and oxygen atoms in total. The SMILES string of the molecule is Bc1nc(-c2nc3cc(C(F)(F)F)ncc3n2C)c(SCC)n1C. The predicted molar refractivity (Wildman–Crippen MR) is 90.3 cm³/mol. The van der Waals surface area contributed by atoms with Gasteiger partial charge in [0.2, 0.25) is 0 Å². The Labute approximate surface area is 141 Å². The number of imidazole rings is 2. The summed E-state index contributed by atoms with van der Waals surface area (Å²) < 4.78 is 42.2. The van der Waals surface area contributed by atoms with Crippen LogP contribution in [0, 0.1) is 0 Å². The first-order valence-corrected chi connectivity index (χ1v) is 8.28. The number of hydrogen-bond donors (Lipinski definition) is 0. The van der Waals surface area contributed by atoms with E-state index in [0.717, 1.165) is 22.6 Å². The van der Waals surface area contributed by atoms with Gasteiger partial charge < -0.3 is 9.13 Å². The molecule has 3 aromatic rings. The van der Waals surface area contributed by atoms with Gasteiger partial charge >= 0.3 is 6.18 Å². The number of thioether (sulfide) groups is 1. The van der Waals surface area contributed by atoms with Gasteiger partial charge in [-0.05, 0) is 11.8 Å². The molecule has 0 radical (unpaired) electrons. The van der Waals surface area contributed by atoms with Crippen LogP contribution in [0.4, 0.5) is 13.2 Å². The van der Waals surface area contributed by atoms with Gasteiger partial charge in [-0.2, -0.15) is 13.2 Å². The Morgan fingerprint density at radius 3 is 2.54 bits per heavy atom. The zero-order chi connectivity index (χ0) is 17.6. The minimum Gasteiger partial charge on any atom is -0.334 e. The van der Waals surface area contributed by atoms with Crippen molar-refractivity contribution >= 4 is 36.4 Å². The largest absolute Gasteiger partial charge is 0.433 e. The molecule has 3 aromatic heterocycles. The van der Waals surface area contributed by atoms with Crippen LogP contribution in [-0.4, -0.2) is 37.7 Å². The van der Waals surface area contributed by atoms with Crippen LogP contribution in [-0.2, 0) is 20.3 Å². The summed E-state index contributed by atoms with van der Waals surface area (Å²) in [7, 11) is 5.55. The average Bonchev–Trinajstić information content (AvgIpc) is 2.98. The Balaban J connectivity index is 2.21. The van der Waals surface area contributed by atoms with Crippen molar-refractivity contribution in [3.05, 3.63) is 18.0 Å². The Hall–Kier alpha value is -1.97. The number of pyridine rings is 1. The predicted octanol–water partition coefficient (Wildman–Crippen LogP) is 1.76. The molecule has 10 heteroatoms. The number of fused-ring (bicyclic) bond motifs is 1. The molecule has 3 heterocycles. The number of aromatic nitrogens is 5. The van der Waals surface area contributed by atoms with Crippen LogP contribution in [0.15, 0.2) is 17.3 Å². The molecular weight excluding hydrogens is 338 g/mol. The summed E-state index contributed by atoms with van der Waals surface area (Å²) in [6.07, 6.45) is -3.28. The molecule has 0 amide bonds. The molecular formula is C14H15BF3N5S. The molecule has 0 saturated carbocycles. The fourth-order valence-electron chi connectivity index (χ4n) is 2.49. The molecule has 0 aliphatic heterocycles. The summed E-state index contributed by atoms with van der Waals surface area (Å²) in [5, 5.41) is 0.942. The summed E-state index contributed by atoms with van der Waals surface area (Å²) in [5.74, 6) is 1.39. The molecule has 3 rings (SSSR count). The standard InChI is InChI=1S/C14H15BF3N5S/c1-4-24-12-10(21-13(15)23(12)3)11-20-7-5-9(14(16,17)18)19-6-8(7)22(11)2/h5-6H,4,15H2,1-3H3. The van der Waals surface area contributed by atoms with Crippen LogP contribution in [0.3, 0.4) is 0 Å². The maximum Gasteiger partial charge on any atom is 0.433 e. The summed E-state index contributed by atoms with van der Waals surface area (Å²) in [6.45, 7) is 2.03. The highest BCUT2D eigenvalue weighted by atomic mass is 32.2. The lowest BCUT2D eigenvalue weighted by Gasteiger charge is -2.05. The van der Waals surface area contributed by atoms with Gasteiger partial charge in [-0.3, -0.25) is 0 Å². The van der Waals surface area contributed by atoms with Crippen molar-refractivity contribution in [2.75, 3.05) is 5.75 Å². The van der Waals surface area contributed by atoms with Gasteiger partial charge in [0.1, 0.15) is 16.4 Å². The Morgan fingerprint density at radius 2 is 1.92 bits per heavy atom. The van der Waals surface area contributed by atoms with Crippen molar-refractivity contribution in [2.45, 2.75) is 18.1 Å². The summed E-state index contributed by atoms with van der Waals surface area (Å²) in [6, 6.07) is 0.973. The maximum absolute atomic E-state index is 12.9. The number of halogens is 3. The van der Waals surface area contributed by atoms with Crippen LogP contribution in [0.2, 0.25) is 0 Å². The third-order valence-corrected chi connectivity index (χ3v) is 4.85. The highest BCUT2D eigenvalue weighted by molar-refractivity contribution is 7.99. The molecule has 0 aliphatic carbocycles. The molecule has 0 N–H and O–H groups in total. The lowest BCUT2D eigenvalue weighted by molar-refractivity contribution is -0.141. The van der Waals surface area contributed by atoms with E-state index in [1.165, 1.54) is 6.20 Å². The van der Waals surface area contributed by atoms with E-state index < -0.39 is 11.9 Å². The molecule has 0 spiro atoms. The van der Waals surface area contributed by atoms with Crippen molar-refractivity contribution in [3.63, 3.8) is 0 Å². The van der Waals surface area contributed by atoms with E-state index in [1.807, 2.05) is 26.4 Å². The second kappa shape index (κ2) is 5.84. The van der Waals surface area contributed by atoms with Crippen LogP contribution in [0.1, 0.15) is 12.6 Å². The van der Waals surface area contributed by atoms with Gasteiger partial charge in [0.25, 0.3) is 0 Å². The lowest BCUT2D eigenvalue weighted by atomic mass is 10.1. The zero-order valence-corrected chi connectivity index (χ0v) is 14.5. The van der Waals surface area contributed by atoms with Crippen molar-refractivity contribution in [1.29, 1.82) is 0 Å². The van der Waals surface area contributed by atoms with E-state index in [0.29, 0.717) is 17.0 Å². The quantitative estimate of drug-likeness (QED) is 0.532. The first-order chi connectivity index (χ1) is 11.2. The number of rotatable bonds is 3. The Bertz CT molecular complexity index is 915. The second-order valence-corrected chi connectivity index (χ2v) is 6.61. The molecule has 0 atom stereocenters. The average molecular weight is 353 g/mol. The highest BCUT2D eigenvalue weighted by Crippen LogP contribution is 2.33. The smallest absolute Gasteiger partial charge is 0.334 e. The van der Waals surface area contributed by atoms with Crippen LogP contribution in [0.5, 0.6) is 0 Å². The van der Waals surface area contributed by atoms with Crippen molar-refractivity contribution in [3.8, 4) is 11.5 Å². The van der Waals surface area contributed by atoms with Crippen LogP contribution >= 0.6 is 11.8 Å². The van der Waals surface area contributed by atoms with E-state index >= 15 is 0 Å². The number of nitrogens with zero attached hydrogens (tertiary/aromatic N) is 5. The number of aryl methyl sites for hydroxylation is 1. The monoisotopic (exact) mass is 353 g/mol. The Morgan fingerprint density at radius 1 is 1.21 bits per heavy atom. The lowest BCUT2D eigenvalue weighted by Crippen LogP contribution is -2.16. The van der Waals surface area contributed by atoms with Gasteiger partial charge in [0.15, 0.2) is 13.7 Å². The normalized spacial score (nSPS) is 12.2. The zero-order valence-electron chi connectivity index (χ0n) is 13.6. The third kappa shape index (κ3) is 2.68. The van der Waals surface area contributed by atoms with Crippen molar-refractivity contribution in [2.24, 2.45) is 14.1 Å². The van der Waals surface area contributed by atoms with Crippen LogP contribution < -0.4 is 5.72 Å². The minimum absolute atomic E-state index is 0.255. The summed E-state index contributed by atoms with van der Waals surface area (Å²) >= 11 is 1.62. The first kappa shape index (κ1) is 16.9. The Kier molecular flexibility index (Phi) is 4.10. The van der Waals surface area contributed by atoms with Crippen LogP contribution in [0.25, 0.3) is 22.6 Å². The van der Waals surface area contributed by atoms with Gasteiger partial charge in [-0.25, -0.2) is 15.0 Å². The number of hydrogen-bond acceptors (Lipinski definition) is 4. The third-order valence-electron chi connectivity index (χ3n) is 3.82. The van der Waals surface area contributed by atoms with E-state index in [1.54, 1.807) is 23.4 Å². The molecule has 0 saturated heterocycles. The summed E-state index contributed by atoms with van der Waals surface area (Å²) in [4.78, 5) is 12.4. The molecule has 0 aliphatic rings.